The molecular formula is C11H15N3. The van der Waals surface area contributed by atoms with Crippen LogP contribution in [0, 0.1) is 5.41 Å². The van der Waals surface area contributed by atoms with E-state index in [-0.39, 0.29) is 0 Å². The number of guanidine groups is 1. The molecule has 0 fully saturated rings. The highest BCUT2D eigenvalue weighted by atomic mass is 15.3. The summed E-state index contributed by atoms with van der Waals surface area (Å²) in [6, 6.07) is 8.31. The summed E-state index contributed by atoms with van der Waals surface area (Å²) in [5, 5.41) is 7.92. The molecule has 3 heteroatoms. The summed E-state index contributed by atoms with van der Waals surface area (Å²) < 4.78 is 0. The van der Waals surface area contributed by atoms with Crippen LogP contribution in [-0.2, 0) is 6.42 Å². The molecule has 0 spiro atoms. The lowest BCUT2D eigenvalue weighted by molar-refractivity contribution is 0.599. The number of anilines is 1. The van der Waals surface area contributed by atoms with E-state index in [0.29, 0.717) is 5.96 Å². The number of fused-ring (bicyclic) bond motifs is 1. The SMILES string of the molecule is CN(C)C(=N)N1CCc2ccccc21. The summed E-state index contributed by atoms with van der Waals surface area (Å²) in [5.41, 5.74) is 2.53. The molecule has 0 bridgehead atoms. The molecule has 74 valence electrons. The molecule has 0 radical (unpaired) electrons. The van der Waals surface area contributed by atoms with Crippen LogP contribution in [0.25, 0.3) is 0 Å². The average molecular weight is 189 g/mol. The summed E-state index contributed by atoms with van der Waals surface area (Å²) in [7, 11) is 3.81. The summed E-state index contributed by atoms with van der Waals surface area (Å²) in [5.74, 6) is 0.565. The van der Waals surface area contributed by atoms with E-state index in [4.69, 9.17) is 5.41 Å². The van der Waals surface area contributed by atoms with E-state index in [9.17, 15) is 0 Å². The second kappa shape index (κ2) is 3.33. The molecule has 0 atom stereocenters. The summed E-state index contributed by atoms with van der Waals surface area (Å²) in [4.78, 5) is 3.89. The smallest absolute Gasteiger partial charge is 0.197 e. The van der Waals surface area contributed by atoms with E-state index >= 15 is 0 Å². The predicted octanol–water partition coefficient (Wildman–Crippen LogP) is 1.55. The van der Waals surface area contributed by atoms with E-state index < -0.39 is 0 Å². The maximum Gasteiger partial charge on any atom is 0.197 e. The predicted molar refractivity (Wildman–Crippen MR) is 58.9 cm³/mol. The Labute approximate surface area is 84.5 Å². The lowest BCUT2D eigenvalue weighted by Crippen LogP contribution is -2.38. The Morgan fingerprint density at radius 3 is 2.79 bits per heavy atom. The van der Waals surface area contributed by atoms with Crippen molar-refractivity contribution in [3.8, 4) is 0 Å². The van der Waals surface area contributed by atoms with Gasteiger partial charge in [-0.3, -0.25) is 5.41 Å². The van der Waals surface area contributed by atoms with Gasteiger partial charge in [-0.15, -0.1) is 0 Å². The molecule has 1 aromatic carbocycles. The van der Waals surface area contributed by atoms with E-state index in [1.807, 2.05) is 25.1 Å². The number of nitrogens with one attached hydrogen (secondary N) is 1. The highest BCUT2D eigenvalue weighted by molar-refractivity contribution is 5.95. The van der Waals surface area contributed by atoms with Crippen LogP contribution in [0.5, 0.6) is 0 Å². The van der Waals surface area contributed by atoms with E-state index in [0.717, 1.165) is 13.0 Å². The van der Waals surface area contributed by atoms with Crippen molar-refractivity contribution >= 4 is 11.6 Å². The highest BCUT2D eigenvalue weighted by Crippen LogP contribution is 2.27. The molecule has 1 aliphatic heterocycles. The third-order valence-electron chi connectivity index (χ3n) is 2.57. The van der Waals surface area contributed by atoms with E-state index in [1.54, 1.807) is 0 Å². The zero-order valence-electron chi connectivity index (χ0n) is 8.62. The van der Waals surface area contributed by atoms with Gasteiger partial charge in [-0.25, -0.2) is 0 Å². The fourth-order valence-corrected chi connectivity index (χ4v) is 1.80. The molecule has 0 saturated heterocycles. The number of hydrogen-bond acceptors (Lipinski definition) is 1. The molecule has 1 N–H and O–H groups in total. The quantitative estimate of drug-likeness (QED) is 0.495. The number of hydrogen-bond donors (Lipinski definition) is 1. The van der Waals surface area contributed by atoms with Crippen LogP contribution >= 0.6 is 0 Å². The Balaban J connectivity index is 2.30. The molecule has 0 saturated carbocycles. The Kier molecular flexibility index (Phi) is 2.15. The van der Waals surface area contributed by atoms with Crippen LogP contribution in [0.1, 0.15) is 5.56 Å². The van der Waals surface area contributed by atoms with Crippen LogP contribution in [0.15, 0.2) is 24.3 Å². The monoisotopic (exact) mass is 189 g/mol. The van der Waals surface area contributed by atoms with E-state index in [1.165, 1.54) is 11.3 Å². The Morgan fingerprint density at radius 2 is 2.07 bits per heavy atom. The average Bonchev–Trinajstić information content (AvgIpc) is 2.60. The maximum atomic E-state index is 7.92. The van der Waals surface area contributed by atoms with Crippen LogP contribution in [0.4, 0.5) is 5.69 Å². The largest absolute Gasteiger partial charge is 0.349 e. The summed E-state index contributed by atoms with van der Waals surface area (Å²) in [6.45, 7) is 0.927. The highest BCUT2D eigenvalue weighted by Gasteiger charge is 2.22. The minimum absolute atomic E-state index is 0.565. The molecule has 1 aliphatic rings. The minimum atomic E-state index is 0.565. The van der Waals surface area contributed by atoms with Gasteiger partial charge >= 0.3 is 0 Å². The molecule has 1 heterocycles. The Morgan fingerprint density at radius 1 is 1.36 bits per heavy atom. The van der Waals surface area contributed by atoms with Gasteiger partial charge in [0.2, 0.25) is 0 Å². The second-order valence-corrected chi connectivity index (χ2v) is 3.75. The first kappa shape index (κ1) is 9.06. The molecule has 1 aromatic rings. The third-order valence-corrected chi connectivity index (χ3v) is 2.57. The van der Waals surface area contributed by atoms with Crippen LogP contribution < -0.4 is 4.90 Å². The molecule has 3 nitrogen and oxygen atoms in total. The van der Waals surface area contributed by atoms with Crippen molar-refractivity contribution in [2.24, 2.45) is 0 Å². The second-order valence-electron chi connectivity index (χ2n) is 3.75. The van der Waals surface area contributed by atoms with Gasteiger partial charge < -0.3 is 9.80 Å². The van der Waals surface area contributed by atoms with Crippen LogP contribution in [-0.4, -0.2) is 31.5 Å². The lowest BCUT2D eigenvalue weighted by atomic mass is 10.2. The molecule has 0 aliphatic carbocycles. The van der Waals surface area contributed by atoms with Crippen molar-refractivity contribution in [2.75, 3.05) is 25.5 Å². The molecular weight excluding hydrogens is 174 g/mol. The minimum Gasteiger partial charge on any atom is -0.349 e. The third kappa shape index (κ3) is 1.35. The molecule has 14 heavy (non-hydrogen) atoms. The normalized spacial score (nSPS) is 14.0. The topological polar surface area (TPSA) is 30.3 Å². The van der Waals surface area contributed by atoms with Gasteiger partial charge in [0.15, 0.2) is 5.96 Å². The lowest BCUT2D eigenvalue weighted by Gasteiger charge is -2.25. The first-order chi connectivity index (χ1) is 6.70. The van der Waals surface area contributed by atoms with Gasteiger partial charge in [0.05, 0.1) is 0 Å². The van der Waals surface area contributed by atoms with E-state index in [2.05, 4.69) is 23.1 Å². The van der Waals surface area contributed by atoms with Crippen molar-refractivity contribution in [3.63, 3.8) is 0 Å². The van der Waals surface area contributed by atoms with Crippen molar-refractivity contribution < 1.29 is 0 Å². The standard InChI is InChI=1S/C11H15N3/c1-13(2)11(12)14-8-7-9-5-3-4-6-10(9)14/h3-6,12H,7-8H2,1-2H3. The summed E-state index contributed by atoms with van der Waals surface area (Å²) in [6.07, 6.45) is 1.05. The van der Waals surface area contributed by atoms with Crippen LogP contribution in [0.2, 0.25) is 0 Å². The van der Waals surface area contributed by atoms with Crippen molar-refractivity contribution in [1.29, 1.82) is 5.41 Å². The van der Waals surface area contributed by atoms with Crippen LogP contribution in [0.3, 0.4) is 0 Å². The molecule has 0 unspecified atom stereocenters. The zero-order valence-corrected chi connectivity index (χ0v) is 8.62. The summed E-state index contributed by atoms with van der Waals surface area (Å²) >= 11 is 0. The number of benzene rings is 1. The molecule has 0 amide bonds. The van der Waals surface area contributed by atoms with Gasteiger partial charge in [-0.1, -0.05) is 18.2 Å². The van der Waals surface area contributed by atoms with Gasteiger partial charge in [0.1, 0.15) is 0 Å². The van der Waals surface area contributed by atoms with Gasteiger partial charge in [0, 0.05) is 26.3 Å². The zero-order chi connectivity index (χ0) is 10.1. The first-order valence-electron chi connectivity index (χ1n) is 4.81. The number of para-hydroxylation sites is 1. The molecule has 0 aromatic heterocycles. The van der Waals surface area contributed by atoms with Crippen molar-refractivity contribution in [2.45, 2.75) is 6.42 Å². The Hall–Kier alpha value is -1.51. The first-order valence-corrected chi connectivity index (χ1v) is 4.81. The fourth-order valence-electron chi connectivity index (χ4n) is 1.80. The van der Waals surface area contributed by atoms with Crippen molar-refractivity contribution in [1.82, 2.24) is 4.90 Å². The van der Waals surface area contributed by atoms with Crippen molar-refractivity contribution in [3.05, 3.63) is 29.8 Å². The number of nitrogens with zero attached hydrogens (tertiary/aromatic N) is 2. The maximum absolute atomic E-state index is 7.92. The van der Waals surface area contributed by atoms with Gasteiger partial charge in [-0.05, 0) is 18.1 Å². The number of rotatable bonds is 0. The fraction of sp³-hybridized carbons (Fsp3) is 0.364. The Bertz CT molecular complexity index is 357. The van der Waals surface area contributed by atoms with Gasteiger partial charge in [0.25, 0.3) is 0 Å². The molecule has 2 rings (SSSR count). The van der Waals surface area contributed by atoms with Gasteiger partial charge in [-0.2, -0.15) is 0 Å².